The van der Waals surface area contributed by atoms with Gasteiger partial charge in [0.2, 0.25) is 5.71 Å². The molecule has 108 valence electrons. The van der Waals surface area contributed by atoms with Crippen LogP contribution in [0.3, 0.4) is 0 Å². The van der Waals surface area contributed by atoms with Gasteiger partial charge >= 0.3 is 0 Å². The monoisotopic (exact) mass is 289 g/mol. The molecule has 0 aromatic heterocycles. The Labute approximate surface area is 129 Å². The highest BCUT2D eigenvalue weighted by Crippen LogP contribution is 2.26. The van der Waals surface area contributed by atoms with E-state index in [1.54, 1.807) is 0 Å². The SMILES string of the molecule is C#Cc1ccc2c(c1)C(c1ccccc1)=[N+]([O-])CC(CN)=N2. The van der Waals surface area contributed by atoms with Gasteiger partial charge in [-0.2, -0.15) is 4.74 Å². The number of nitrogens with zero attached hydrogens (tertiary/aromatic N) is 2. The quantitative estimate of drug-likeness (QED) is 0.522. The van der Waals surface area contributed by atoms with Gasteiger partial charge in [-0.3, -0.25) is 0 Å². The van der Waals surface area contributed by atoms with Crippen molar-refractivity contribution in [1.29, 1.82) is 0 Å². The summed E-state index contributed by atoms with van der Waals surface area (Å²) in [5.74, 6) is 2.60. The van der Waals surface area contributed by atoms with Crippen LogP contribution in [0.2, 0.25) is 0 Å². The minimum absolute atomic E-state index is 0.154. The first-order chi connectivity index (χ1) is 10.7. The van der Waals surface area contributed by atoms with Crippen LogP contribution in [0.4, 0.5) is 5.69 Å². The molecule has 0 amide bonds. The van der Waals surface area contributed by atoms with Gasteiger partial charge in [0.05, 0.1) is 17.0 Å². The first-order valence-corrected chi connectivity index (χ1v) is 6.97. The Balaban J connectivity index is 2.29. The third-order valence-electron chi connectivity index (χ3n) is 3.56. The van der Waals surface area contributed by atoms with Gasteiger partial charge in [0, 0.05) is 17.7 Å². The van der Waals surface area contributed by atoms with Crippen LogP contribution in [0.15, 0.2) is 53.5 Å². The van der Waals surface area contributed by atoms with Crippen LogP contribution in [0, 0.1) is 17.6 Å². The Morgan fingerprint density at radius 1 is 1.23 bits per heavy atom. The van der Waals surface area contributed by atoms with Gasteiger partial charge in [0.1, 0.15) is 0 Å². The molecule has 4 heteroatoms. The van der Waals surface area contributed by atoms with Crippen LogP contribution in [-0.2, 0) is 0 Å². The van der Waals surface area contributed by atoms with Gasteiger partial charge < -0.3 is 10.9 Å². The number of hydrogen-bond donors (Lipinski definition) is 1. The van der Waals surface area contributed by atoms with Crippen molar-refractivity contribution in [2.75, 3.05) is 13.1 Å². The zero-order valence-corrected chi connectivity index (χ0v) is 12.0. The van der Waals surface area contributed by atoms with Crippen LogP contribution in [0.5, 0.6) is 0 Å². The fourth-order valence-corrected chi connectivity index (χ4v) is 2.50. The molecule has 1 aliphatic rings. The van der Waals surface area contributed by atoms with Crippen molar-refractivity contribution in [3.05, 3.63) is 70.4 Å². The zero-order chi connectivity index (χ0) is 15.5. The van der Waals surface area contributed by atoms with E-state index in [1.807, 2.05) is 48.5 Å². The minimum Gasteiger partial charge on any atom is -0.623 e. The second-order valence-electron chi connectivity index (χ2n) is 5.01. The Hall–Kier alpha value is -2.90. The second-order valence-corrected chi connectivity index (χ2v) is 5.01. The summed E-state index contributed by atoms with van der Waals surface area (Å²) in [6.07, 6.45) is 5.49. The Morgan fingerprint density at radius 2 is 2.00 bits per heavy atom. The van der Waals surface area contributed by atoms with Crippen molar-refractivity contribution in [3.63, 3.8) is 0 Å². The molecule has 1 heterocycles. The van der Waals surface area contributed by atoms with Gasteiger partial charge in [0.15, 0.2) is 6.54 Å². The molecule has 0 unspecified atom stereocenters. The van der Waals surface area contributed by atoms with Gasteiger partial charge in [-0.1, -0.05) is 24.1 Å². The van der Waals surface area contributed by atoms with Crippen molar-refractivity contribution in [3.8, 4) is 12.3 Å². The van der Waals surface area contributed by atoms with E-state index in [0.717, 1.165) is 21.6 Å². The van der Waals surface area contributed by atoms with E-state index in [2.05, 4.69) is 10.9 Å². The topological polar surface area (TPSA) is 64.5 Å². The van der Waals surface area contributed by atoms with E-state index < -0.39 is 0 Å². The molecule has 0 atom stereocenters. The molecule has 2 N–H and O–H groups in total. The molecular weight excluding hydrogens is 274 g/mol. The van der Waals surface area contributed by atoms with E-state index in [1.165, 1.54) is 0 Å². The highest BCUT2D eigenvalue weighted by molar-refractivity contribution is 6.14. The highest BCUT2D eigenvalue weighted by Gasteiger charge is 2.24. The summed E-state index contributed by atoms with van der Waals surface area (Å²) in [6, 6.07) is 15.0. The molecule has 0 saturated heterocycles. The molecule has 4 nitrogen and oxygen atoms in total. The molecular formula is C18H15N3O. The van der Waals surface area contributed by atoms with Crippen LogP contribution >= 0.6 is 0 Å². The maximum atomic E-state index is 12.6. The molecule has 0 saturated carbocycles. The highest BCUT2D eigenvalue weighted by atomic mass is 16.5. The van der Waals surface area contributed by atoms with E-state index in [0.29, 0.717) is 17.0 Å². The predicted octanol–water partition coefficient (Wildman–Crippen LogP) is 2.06. The van der Waals surface area contributed by atoms with Gasteiger partial charge in [-0.05, 0) is 30.3 Å². The number of rotatable bonds is 2. The fourth-order valence-electron chi connectivity index (χ4n) is 2.50. The molecule has 3 rings (SSSR count). The summed E-state index contributed by atoms with van der Waals surface area (Å²) in [6.45, 7) is 0.401. The van der Waals surface area contributed by atoms with Crippen molar-refractivity contribution < 1.29 is 4.74 Å². The number of fused-ring (bicyclic) bond motifs is 1. The second kappa shape index (κ2) is 5.84. The van der Waals surface area contributed by atoms with Gasteiger partial charge in [-0.15, -0.1) is 6.42 Å². The Kier molecular flexibility index (Phi) is 3.73. The molecule has 0 aliphatic carbocycles. The maximum absolute atomic E-state index is 12.6. The maximum Gasteiger partial charge on any atom is 0.228 e. The van der Waals surface area contributed by atoms with Crippen LogP contribution in [0.25, 0.3) is 0 Å². The van der Waals surface area contributed by atoms with Gasteiger partial charge in [-0.25, -0.2) is 4.99 Å². The molecule has 1 aliphatic heterocycles. The molecule has 0 radical (unpaired) electrons. The summed E-state index contributed by atoms with van der Waals surface area (Å²) < 4.78 is 0.938. The minimum atomic E-state index is 0.154. The third-order valence-corrected chi connectivity index (χ3v) is 3.56. The van der Waals surface area contributed by atoms with Crippen LogP contribution in [0.1, 0.15) is 16.7 Å². The number of terminal acetylenes is 1. The zero-order valence-electron chi connectivity index (χ0n) is 12.0. The smallest absolute Gasteiger partial charge is 0.228 e. The lowest BCUT2D eigenvalue weighted by Gasteiger charge is -2.10. The average Bonchev–Trinajstić information content (AvgIpc) is 2.70. The summed E-state index contributed by atoms with van der Waals surface area (Å²) in [7, 11) is 0. The summed E-state index contributed by atoms with van der Waals surface area (Å²) in [4.78, 5) is 4.52. The normalized spacial score (nSPS) is 13.9. The first kappa shape index (κ1) is 14.1. The van der Waals surface area contributed by atoms with Crippen LogP contribution < -0.4 is 5.73 Å². The van der Waals surface area contributed by atoms with Crippen molar-refractivity contribution in [1.82, 2.24) is 0 Å². The molecule has 0 spiro atoms. The summed E-state index contributed by atoms with van der Waals surface area (Å²) >= 11 is 0. The summed E-state index contributed by atoms with van der Waals surface area (Å²) in [5, 5.41) is 12.6. The molecule has 0 fully saturated rings. The number of hydroxylamine groups is 1. The predicted molar refractivity (Wildman–Crippen MR) is 88.7 cm³/mol. The van der Waals surface area contributed by atoms with E-state index >= 15 is 0 Å². The van der Waals surface area contributed by atoms with Crippen molar-refractivity contribution in [2.45, 2.75) is 0 Å². The lowest BCUT2D eigenvalue weighted by Crippen LogP contribution is -2.26. The molecule has 2 aromatic rings. The Bertz CT molecular complexity index is 814. The van der Waals surface area contributed by atoms with Crippen LogP contribution in [-0.4, -0.2) is 29.3 Å². The van der Waals surface area contributed by atoms with Crippen molar-refractivity contribution >= 4 is 17.1 Å². The lowest BCUT2D eigenvalue weighted by molar-refractivity contribution is -0.439. The molecule has 22 heavy (non-hydrogen) atoms. The third kappa shape index (κ3) is 2.50. The van der Waals surface area contributed by atoms with Gasteiger partial charge in [0.25, 0.3) is 0 Å². The largest absolute Gasteiger partial charge is 0.623 e. The average molecular weight is 289 g/mol. The lowest BCUT2D eigenvalue weighted by atomic mass is 9.98. The standard InChI is InChI=1S/C18H15N3O/c1-2-13-8-9-17-16(10-13)18(14-6-4-3-5-7-14)21(22)12-15(11-19)20-17/h1,3-10H,11-12,19H2. The first-order valence-electron chi connectivity index (χ1n) is 6.97. The fraction of sp³-hybridized carbons (Fsp3) is 0.111. The van der Waals surface area contributed by atoms with E-state index in [4.69, 9.17) is 12.2 Å². The molecule has 0 bridgehead atoms. The number of hydrogen-bond acceptors (Lipinski definition) is 3. The number of nitrogens with two attached hydrogens (primary N) is 1. The number of aliphatic imine (C=N–C) groups is 1. The summed E-state index contributed by atoms with van der Waals surface area (Å²) in [5.41, 5.74) is 9.92. The molecule has 2 aromatic carbocycles. The van der Waals surface area contributed by atoms with E-state index in [-0.39, 0.29) is 13.1 Å². The van der Waals surface area contributed by atoms with E-state index in [9.17, 15) is 5.21 Å². The van der Waals surface area contributed by atoms with Crippen molar-refractivity contribution in [2.24, 2.45) is 10.7 Å². The Morgan fingerprint density at radius 3 is 2.68 bits per heavy atom. The number of benzene rings is 2.